The van der Waals surface area contributed by atoms with Gasteiger partial charge in [0, 0.05) is 5.56 Å². The summed E-state index contributed by atoms with van der Waals surface area (Å²) in [6, 6.07) is 13.8. The molecule has 1 aliphatic rings. The molecule has 0 aromatic heterocycles. The third-order valence-electron chi connectivity index (χ3n) is 3.84. The van der Waals surface area contributed by atoms with E-state index in [1.807, 2.05) is 0 Å². The molecule has 0 radical (unpaired) electrons. The van der Waals surface area contributed by atoms with Crippen LogP contribution in [0.3, 0.4) is 0 Å². The first-order chi connectivity index (χ1) is 14.0. The van der Waals surface area contributed by atoms with Crippen LogP contribution < -0.4 is 14.9 Å². The van der Waals surface area contributed by atoms with E-state index >= 15 is 0 Å². The molecule has 1 fully saturated rings. The summed E-state index contributed by atoms with van der Waals surface area (Å²) in [5.74, 6) is 2.56. The van der Waals surface area contributed by atoms with Crippen LogP contribution in [-0.2, 0) is 4.79 Å². The SMILES string of the molecule is C#CCOc1ccc(/C=C2\SC(=S)N(NC(=O)c3ccccc3)C2=O)cc1OC. The second kappa shape index (κ2) is 9.28. The highest BCUT2D eigenvalue weighted by Gasteiger charge is 2.33. The van der Waals surface area contributed by atoms with Gasteiger partial charge in [-0.25, -0.2) is 0 Å². The molecule has 1 heterocycles. The zero-order valence-electron chi connectivity index (χ0n) is 15.4. The zero-order chi connectivity index (χ0) is 20.8. The van der Waals surface area contributed by atoms with Crippen molar-refractivity contribution in [2.24, 2.45) is 0 Å². The number of rotatable bonds is 6. The third-order valence-corrected chi connectivity index (χ3v) is 5.14. The molecule has 29 heavy (non-hydrogen) atoms. The fourth-order valence-electron chi connectivity index (χ4n) is 2.48. The Bertz CT molecular complexity index is 1030. The number of carbonyl (C=O) groups is 2. The van der Waals surface area contributed by atoms with Gasteiger partial charge in [0.25, 0.3) is 11.8 Å². The molecular weight excluding hydrogens is 408 g/mol. The zero-order valence-corrected chi connectivity index (χ0v) is 17.0. The number of amides is 2. The highest BCUT2D eigenvalue weighted by Crippen LogP contribution is 2.34. The Hall–Kier alpha value is -3.28. The molecule has 2 amide bonds. The summed E-state index contributed by atoms with van der Waals surface area (Å²) in [7, 11) is 1.51. The lowest BCUT2D eigenvalue weighted by molar-refractivity contribution is -0.123. The van der Waals surface area contributed by atoms with Gasteiger partial charge in [0.2, 0.25) is 0 Å². The summed E-state index contributed by atoms with van der Waals surface area (Å²) in [6.07, 6.45) is 6.88. The van der Waals surface area contributed by atoms with E-state index in [-0.39, 0.29) is 10.9 Å². The Balaban J connectivity index is 1.77. The van der Waals surface area contributed by atoms with Crippen molar-refractivity contribution in [3.05, 3.63) is 64.6 Å². The van der Waals surface area contributed by atoms with Crippen molar-refractivity contribution in [3.63, 3.8) is 0 Å². The summed E-state index contributed by atoms with van der Waals surface area (Å²) in [5.41, 5.74) is 3.69. The molecule has 0 saturated carbocycles. The van der Waals surface area contributed by atoms with Gasteiger partial charge in [0.05, 0.1) is 12.0 Å². The first-order valence-electron chi connectivity index (χ1n) is 8.41. The standard InChI is InChI=1S/C21H16N2O4S2/c1-3-11-27-16-10-9-14(12-17(16)26-2)13-18-20(25)23(21(28)29-18)22-19(24)15-7-5-4-6-8-15/h1,4-10,12-13H,11H2,2H3,(H,22,24)/b18-13-. The maximum atomic E-state index is 12.7. The number of nitrogens with one attached hydrogen (secondary N) is 1. The lowest BCUT2D eigenvalue weighted by atomic mass is 10.2. The fourth-order valence-corrected chi connectivity index (χ4v) is 3.66. The Labute approximate surface area is 177 Å². The van der Waals surface area contributed by atoms with Gasteiger partial charge in [-0.2, -0.15) is 5.01 Å². The summed E-state index contributed by atoms with van der Waals surface area (Å²) in [5, 5.41) is 1.07. The van der Waals surface area contributed by atoms with E-state index in [9.17, 15) is 9.59 Å². The Morgan fingerprint density at radius 3 is 2.72 bits per heavy atom. The second-order valence-electron chi connectivity index (χ2n) is 5.73. The number of carbonyl (C=O) groups excluding carboxylic acids is 2. The van der Waals surface area contributed by atoms with Gasteiger partial charge < -0.3 is 9.47 Å². The average Bonchev–Trinajstić information content (AvgIpc) is 3.00. The first kappa shape index (κ1) is 20.5. The minimum atomic E-state index is -0.417. The number of terminal acetylenes is 1. The van der Waals surface area contributed by atoms with Gasteiger partial charge in [-0.1, -0.05) is 41.9 Å². The molecule has 0 spiro atoms. The molecule has 6 nitrogen and oxygen atoms in total. The van der Waals surface area contributed by atoms with Crippen molar-refractivity contribution in [2.75, 3.05) is 13.7 Å². The molecule has 146 valence electrons. The minimum absolute atomic E-state index is 0.121. The first-order valence-corrected chi connectivity index (χ1v) is 9.64. The summed E-state index contributed by atoms with van der Waals surface area (Å²) in [4.78, 5) is 25.4. The minimum Gasteiger partial charge on any atom is -0.493 e. The number of thioether (sulfide) groups is 1. The van der Waals surface area contributed by atoms with Crippen LogP contribution in [-0.4, -0.2) is 34.9 Å². The van der Waals surface area contributed by atoms with E-state index in [1.165, 1.54) is 7.11 Å². The Kier molecular flexibility index (Phi) is 6.54. The van der Waals surface area contributed by atoms with E-state index < -0.39 is 11.8 Å². The number of ether oxygens (including phenoxy) is 2. The molecule has 3 rings (SSSR count). The normalized spacial score (nSPS) is 14.6. The van der Waals surface area contributed by atoms with Gasteiger partial charge in [0.1, 0.15) is 6.61 Å². The maximum Gasteiger partial charge on any atom is 0.285 e. The number of methoxy groups -OCH3 is 1. The highest BCUT2D eigenvalue weighted by molar-refractivity contribution is 8.26. The Morgan fingerprint density at radius 1 is 1.28 bits per heavy atom. The summed E-state index contributed by atoms with van der Waals surface area (Å²) >= 11 is 6.35. The van der Waals surface area contributed by atoms with Crippen molar-refractivity contribution >= 4 is 46.2 Å². The number of hydrazine groups is 1. The van der Waals surface area contributed by atoms with Crippen LogP contribution in [0.2, 0.25) is 0 Å². The van der Waals surface area contributed by atoms with Crippen LogP contribution in [0.5, 0.6) is 11.5 Å². The molecule has 1 aliphatic heterocycles. The molecule has 0 unspecified atom stereocenters. The molecule has 2 aromatic carbocycles. The topological polar surface area (TPSA) is 67.9 Å². The number of thiocarbonyl (C=S) groups is 1. The van der Waals surface area contributed by atoms with E-state index in [1.54, 1.807) is 54.6 Å². The van der Waals surface area contributed by atoms with Crippen LogP contribution in [0.4, 0.5) is 0 Å². The van der Waals surface area contributed by atoms with E-state index in [4.69, 9.17) is 28.1 Å². The van der Waals surface area contributed by atoms with Crippen molar-refractivity contribution in [3.8, 4) is 23.8 Å². The highest BCUT2D eigenvalue weighted by atomic mass is 32.2. The van der Waals surface area contributed by atoms with Crippen LogP contribution >= 0.6 is 24.0 Å². The quantitative estimate of drug-likeness (QED) is 0.436. The molecule has 0 atom stereocenters. The lowest BCUT2D eigenvalue weighted by Crippen LogP contribution is -2.44. The van der Waals surface area contributed by atoms with E-state index in [0.717, 1.165) is 16.8 Å². The van der Waals surface area contributed by atoms with Crippen molar-refractivity contribution < 1.29 is 19.1 Å². The third kappa shape index (κ3) is 4.77. The predicted molar refractivity (Wildman–Crippen MR) is 116 cm³/mol. The number of benzene rings is 2. The molecule has 1 N–H and O–H groups in total. The number of hydrogen-bond acceptors (Lipinski definition) is 6. The van der Waals surface area contributed by atoms with Gasteiger partial charge in [-0.3, -0.25) is 15.0 Å². The Morgan fingerprint density at radius 2 is 2.03 bits per heavy atom. The maximum absolute atomic E-state index is 12.7. The summed E-state index contributed by atoms with van der Waals surface area (Å²) in [6.45, 7) is 0.121. The number of nitrogens with zero attached hydrogens (tertiary/aromatic N) is 1. The van der Waals surface area contributed by atoms with Crippen LogP contribution in [0.15, 0.2) is 53.4 Å². The van der Waals surface area contributed by atoms with Gasteiger partial charge in [-0.15, -0.1) is 6.42 Å². The van der Waals surface area contributed by atoms with Crippen LogP contribution in [0.25, 0.3) is 6.08 Å². The van der Waals surface area contributed by atoms with Crippen LogP contribution in [0.1, 0.15) is 15.9 Å². The average molecular weight is 425 g/mol. The van der Waals surface area contributed by atoms with Crippen molar-refractivity contribution in [1.82, 2.24) is 10.4 Å². The molecular formula is C21H16N2O4S2. The van der Waals surface area contributed by atoms with Gasteiger partial charge in [-0.05, 0) is 48.1 Å². The predicted octanol–water partition coefficient (Wildman–Crippen LogP) is 3.25. The van der Waals surface area contributed by atoms with Crippen molar-refractivity contribution in [2.45, 2.75) is 0 Å². The monoisotopic (exact) mass is 424 g/mol. The fraction of sp³-hybridized carbons (Fsp3) is 0.0952. The number of hydrogen-bond donors (Lipinski definition) is 1. The van der Waals surface area contributed by atoms with Gasteiger partial charge in [0.15, 0.2) is 15.8 Å². The van der Waals surface area contributed by atoms with Gasteiger partial charge >= 0.3 is 0 Å². The molecule has 1 saturated heterocycles. The molecule has 0 bridgehead atoms. The van der Waals surface area contributed by atoms with E-state index in [2.05, 4.69) is 11.3 Å². The van der Waals surface area contributed by atoms with E-state index in [0.29, 0.717) is 27.5 Å². The smallest absolute Gasteiger partial charge is 0.285 e. The molecule has 0 aliphatic carbocycles. The largest absolute Gasteiger partial charge is 0.493 e. The molecule has 8 heteroatoms. The lowest BCUT2D eigenvalue weighted by Gasteiger charge is -2.15. The van der Waals surface area contributed by atoms with Crippen LogP contribution in [0, 0.1) is 12.3 Å². The summed E-state index contributed by atoms with van der Waals surface area (Å²) < 4.78 is 11.0. The molecule has 2 aromatic rings. The van der Waals surface area contributed by atoms with Crippen molar-refractivity contribution in [1.29, 1.82) is 0 Å². The second-order valence-corrected chi connectivity index (χ2v) is 7.40.